The zero-order valence-electron chi connectivity index (χ0n) is 12.5. The number of rotatable bonds is 10. The Morgan fingerprint density at radius 1 is 1.00 bits per heavy atom. The van der Waals surface area contributed by atoms with Gasteiger partial charge in [0.05, 0.1) is 6.10 Å². The molecule has 2 atom stereocenters. The number of hydrogen-bond acceptors (Lipinski definition) is 2. The third-order valence-corrected chi connectivity index (χ3v) is 3.97. The first-order chi connectivity index (χ1) is 8.86. The van der Waals surface area contributed by atoms with Crippen LogP contribution < -0.4 is 5.32 Å². The van der Waals surface area contributed by atoms with E-state index < -0.39 is 0 Å². The van der Waals surface area contributed by atoms with E-state index in [4.69, 9.17) is 4.74 Å². The molecule has 18 heavy (non-hydrogen) atoms. The summed E-state index contributed by atoms with van der Waals surface area (Å²) in [7, 11) is 0. The Morgan fingerprint density at radius 2 is 1.78 bits per heavy atom. The van der Waals surface area contributed by atoms with Crippen LogP contribution in [0.25, 0.3) is 0 Å². The van der Waals surface area contributed by atoms with E-state index in [-0.39, 0.29) is 0 Å². The van der Waals surface area contributed by atoms with Crippen LogP contribution in [-0.4, -0.2) is 25.3 Å². The van der Waals surface area contributed by atoms with Crippen molar-refractivity contribution in [3.05, 3.63) is 0 Å². The van der Waals surface area contributed by atoms with E-state index in [0.717, 1.165) is 13.2 Å². The van der Waals surface area contributed by atoms with E-state index in [2.05, 4.69) is 19.2 Å². The fourth-order valence-corrected chi connectivity index (χ4v) is 2.90. The molecule has 2 nitrogen and oxygen atoms in total. The highest BCUT2D eigenvalue weighted by Crippen LogP contribution is 2.21. The summed E-state index contributed by atoms with van der Waals surface area (Å²) in [5.41, 5.74) is 0. The molecule has 1 fully saturated rings. The number of nitrogens with one attached hydrogen (secondary N) is 1. The van der Waals surface area contributed by atoms with Gasteiger partial charge in [0.25, 0.3) is 0 Å². The smallest absolute Gasteiger partial charge is 0.0590 e. The van der Waals surface area contributed by atoms with Crippen molar-refractivity contribution in [1.29, 1.82) is 0 Å². The number of hydrogen-bond donors (Lipinski definition) is 1. The summed E-state index contributed by atoms with van der Waals surface area (Å²) >= 11 is 0. The van der Waals surface area contributed by atoms with Gasteiger partial charge in [0.2, 0.25) is 0 Å². The summed E-state index contributed by atoms with van der Waals surface area (Å²) in [5, 5.41) is 3.56. The molecule has 0 saturated heterocycles. The minimum atomic E-state index is 0.526. The fourth-order valence-electron chi connectivity index (χ4n) is 2.90. The second kappa shape index (κ2) is 10.8. The molecule has 1 aliphatic carbocycles. The van der Waals surface area contributed by atoms with Crippen molar-refractivity contribution in [2.75, 3.05) is 13.2 Å². The van der Waals surface area contributed by atoms with Crippen molar-refractivity contribution in [1.82, 2.24) is 5.32 Å². The van der Waals surface area contributed by atoms with Gasteiger partial charge in [-0.3, -0.25) is 0 Å². The van der Waals surface area contributed by atoms with Gasteiger partial charge < -0.3 is 10.1 Å². The molecule has 0 aromatic carbocycles. The van der Waals surface area contributed by atoms with Gasteiger partial charge in [-0.1, -0.05) is 46.0 Å². The summed E-state index contributed by atoms with van der Waals surface area (Å²) in [6.45, 7) is 6.54. The highest BCUT2D eigenvalue weighted by atomic mass is 16.5. The molecule has 0 radical (unpaired) electrons. The predicted octanol–water partition coefficient (Wildman–Crippen LogP) is 4.28. The van der Waals surface area contributed by atoms with Gasteiger partial charge in [0, 0.05) is 12.6 Å². The molecular weight excluding hydrogens is 222 g/mol. The molecule has 0 aromatic rings. The SMILES string of the molecule is CCCCCCCCOC1CCCC(NCC)C1. The van der Waals surface area contributed by atoms with Gasteiger partial charge in [-0.2, -0.15) is 0 Å². The monoisotopic (exact) mass is 255 g/mol. The van der Waals surface area contributed by atoms with Crippen molar-refractivity contribution >= 4 is 0 Å². The lowest BCUT2D eigenvalue weighted by atomic mass is 9.93. The highest BCUT2D eigenvalue weighted by Gasteiger charge is 2.21. The van der Waals surface area contributed by atoms with Crippen LogP contribution in [0, 0.1) is 0 Å². The minimum Gasteiger partial charge on any atom is -0.378 e. The third-order valence-electron chi connectivity index (χ3n) is 3.97. The Bertz CT molecular complexity index is 182. The van der Waals surface area contributed by atoms with E-state index in [1.807, 2.05) is 0 Å². The van der Waals surface area contributed by atoms with Crippen LogP contribution in [0.1, 0.15) is 78.1 Å². The van der Waals surface area contributed by atoms with Crippen molar-refractivity contribution in [3.8, 4) is 0 Å². The first kappa shape index (κ1) is 16.0. The molecule has 1 rings (SSSR count). The minimum absolute atomic E-state index is 0.526. The Morgan fingerprint density at radius 3 is 2.56 bits per heavy atom. The predicted molar refractivity (Wildman–Crippen MR) is 79.0 cm³/mol. The van der Waals surface area contributed by atoms with E-state index >= 15 is 0 Å². The van der Waals surface area contributed by atoms with Gasteiger partial charge in [0.15, 0.2) is 0 Å². The van der Waals surface area contributed by atoms with Crippen molar-refractivity contribution in [2.24, 2.45) is 0 Å². The molecule has 0 spiro atoms. The Hall–Kier alpha value is -0.0800. The maximum atomic E-state index is 6.03. The van der Waals surface area contributed by atoms with Crippen LogP contribution in [-0.2, 0) is 4.74 Å². The molecule has 1 saturated carbocycles. The zero-order chi connectivity index (χ0) is 13.1. The molecule has 0 bridgehead atoms. The molecule has 2 unspecified atom stereocenters. The van der Waals surface area contributed by atoms with Crippen LogP contribution in [0.4, 0.5) is 0 Å². The summed E-state index contributed by atoms with van der Waals surface area (Å²) in [4.78, 5) is 0. The summed E-state index contributed by atoms with van der Waals surface area (Å²) in [6.07, 6.45) is 13.8. The lowest BCUT2D eigenvalue weighted by Crippen LogP contribution is -2.36. The first-order valence-corrected chi connectivity index (χ1v) is 8.21. The number of unbranched alkanes of at least 4 members (excludes halogenated alkanes) is 5. The summed E-state index contributed by atoms with van der Waals surface area (Å²) in [6, 6.07) is 0.707. The standard InChI is InChI=1S/C16H33NO/c1-3-5-6-7-8-9-13-18-16-12-10-11-15(14-16)17-4-2/h15-17H,3-14H2,1-2H3. The molecule has 1 N–H and O–H groups in total. The molecule has 1 aliphatic rings. The molecule has 0 aromatic heterocycles. The van der Waals surface area contributed by atoms with E-state index in [1.54, 1.807) is 0 Å². The second-order valence-corrected chi connectivity index (χ2v) is 5.68. The summed E-state index contributed by atoms with van der Waals surface area (Å²) < 4.78 is 6.03. The average Bonchev–Trinajstić information content (AvgIpc) is 2.39. The largest absolute Gasteiger partial charge is 0.378 e. The molecule has 0 aliphatic heterocycles. The van der Waals surface area contributed by atoms with E-state index in [1.165, 1.54) is 64.2 Å². The Labute approximate surface area is 114 Å². The normalized spacial score (nSPS) is 24.3. The van der Waals surface area contributed by atoms with Gasteiger partial charge in [-0.05, 0) is 38.6 Å². The lowest BCUT2D eigenvalue weighted by molar-refractivity contribution is 0.0178. The van der Waals surface area contributed by atoms with Crippen LogP contribution in [0.3, 0.4) is 0 Å². The molecule has 0 heterocycles. The topological polar surface area (TPSA) is 21.3 Å². The van der Waals surface area contributed by atoms with Gasteiger partial charge >= 0.3 is 0 Å². The van der Waals surface area contributed by atoms with Gasteiger partial charge in [-0.25, -0.2) is 0 Å². The van der Waals surface area contributed by atoms with E-state index in [9.17, 15) is 0 Å². The second-order valence-electron chi connectivity index (χ2n) is 5.68. The van der Waals surface area contributed by atoms with Gasteiger partial charge in [0.1, 0.15) is 0 Å². The maximum absolute atomic E-state index is 6.03. The van der Waals surface area contributed by atoms with E-state index in [0.29, 0.717) is 12.1 Å². The molecular formula is C16H33NO. The Kier molecular flexibility index (Phi) is 9.59. The van der Waals surface area contributed by atoms with Crippen molar-refractivity contribution < 1.29 is 4.74 Å². The first-order valence-electron chi connectivity index (χ1n) is 8.21. The van der Waals surface area contributed by atoms with Crippen LogP contribution in [0.5, 0.6) is 0 Å². The fraction of sp³-hybridized carbons (Fsp3) is 1.00. The number of ether oxygens (including phenoxy) is 1. The van der Waals surface area contributed by atoms with Crippen LogP contribution >= 0.6 is 0 Å². The zero-order valence-corrected chi connectivity index (χ0v) is 12.5. The maximum Gasteiger partial charge on any atom is 0.0590 e. The Balaban J connectivity index is 1.94. The lowest BCUT2D eigenvalue weighted by Gasteiger charge is -2.29. The quantitative estimate of drug-likeness (QED) is 0.588. The van der Waals surface area contributed by atoms with Crippen LogP contribution in [0.15, 0.2) is 0 Å². The average molecular weight is 255 g/mol. The molecule has 108 valence electrons. The van der Waals surface area contributed by atoms with Crippen LogP contribution in [0.2, 0.25) is 0 Å². The van der Waals surface area contributed by atoms with Crippen molar-refractivity contribution in [2.45, 2.75) is 90.2 Å². The molecule has 2 heteroatoms. The molecule has 0 amide bonds. The highest BCUT2D eigenvalue weighted by molar-refractivity contribution is 4.77. The van der Waals surface area contributed by atoms with Gasteiger partial charge in [-0.15, -0.1) is 0 Å². The van der Waals surface area contributed by atoms with Crippen molar-refractivity contribution in [3.63, 3.8) is 0 Å². The summed E-state index contributed by atoms with van der Waals surface area (Å²) in [5.74, 6) is 0. The third kappa shape index (κ3) is 7.38.